The van der Waals surface area contributed by atoms with Gasteiger partial charge >= 0.3 is 5.97 Å². The number of allylic oxidation sites excluding steroid dienone is 1. The third-order valence-electron chi connectivity index (χ3n) is 5.44. The maximum Gasteiger partial charge on any atom is 0.303 e. The van der Waals surface area contributed by atoms with Gasteiger partial charge in [0.15, 0.2) is 6.61 Å². The fraction of sp³-hybridized carbons (Fsp3) is 0.292. The minimum absolute atomic E-state index is 0.141. The maximum absolute atomic E-state index is 12.9. The van der Waals surface area contributed by atoms with Gasteiger partial charge in [0.1, 0.15) is 0 Å². The van der Waals surface area contributed by atoms with Crippen LogP contribution >= 0.6 is 0 Å². The Kier molecular flexibility index (Phi) is 5.56. The molecule has 0 radical (unpaired) electrons. The molecule has 1 aliphatic carbocycles. The average Bonchev–Trinajstić information content (AvgIpc) is 3.14. The molecule has 2 atom stereocenters. The second-order valence-electron chi connectivity index (χ2n) is 7.44. The van der Waals surface area contributed by atoms with Crippen LogP contribution in [-0.2, 0) is 14.3 Å². The van der Waals surface area contributed by atoms with Crippen molar-refractivity contribution in [1.29, 1.82) is 0 Å². The van der Waals surface area contributed by atoms with E-state index in [4.69, 9.17) is 9.84 Å². The van der Waals surface area contributed by atoms with Gasteiger partial charge < -0.3 is 4.74 Å². The minimum atomic E-state index is -0.469. The van der Waals surface area contributed by atoms with Crippen LogP contribution in [0.2, 0.25) is 0 Å². The van der Waals surface area contributed by atoms with E-state index in [1.165, 1.54) is 17.5 Å². The molecule has 0 aromatic heterocycles. The van der Waals surface area contributed by atoms with Crippen molar-refractivity contribution in [3.8, 4) is 0 Å². The van der Waals surface area contributed by atoms with Crippen LogP contribution in [0, 0.1) is 5.92 Å². The zero-order chi connectivity index (χ0) is 20.2. The summed E-state index contributed by atoms with van der Waals surface area (Å²) in [5.74, 6) is -0.624. The van der Waals surface area contributed by atoms with Gasteiger partial charge in [-0.25, -0.2) is 5.01 Å². The van der Waals surface area contributed by atoms with Crippen LogP contribution in [0.25, 0.3) is 6.08 Å². The first-order chi connectivity index (χ1) is 14.1. The van der Waals surface area contributed by atoms with Gasteiger partial charge in [0.2, 0.25) is 0 Å². The molecular formula is C24H24N2O3. The quantitative estimate of drug-likeness (QED) is 0.731. The molecule has 2 unspecified atom stereocenters. The van der Waals surface area contributed by atoms with Crippen LogP contribution in [-0.4, -0.2) is 29.2 Å². The molecule has 0 spiro atoms. The van der Waals surface area contributed by atoms with Crippen molar-refractivity contribution in [3.05, 3.63) is 77.4 Å². The van der Waals surface area contributed by atoms with E-state index in [0.29, 0.717) is 0 Å². The summed E-state index contributed by atoms with van der Waals surface area (Å²) < 4.78 is 4.96. The van der Waals surface area contributed by atoms with Gasteiger partial charge in [0.05, 0.1) is 11.8 Å². The van der Waals surface area contributed by atoms with Crippen LogP contribution in [0.4, 0.5) is 0 Å². The first-order valence-electron chi connectivity index (χ1n) is 9.98. The van der Waals surface area contributed by atoms with E-state index >= 15 is 0 Å². The highest BCUT2D eigenvalue weighted by molar-refractivity contribution is 6.08. The summed E-state index contributed by atoms with van der Waals surface area (Å²) in [5, 5.41) is 6.29. The number of nitrogens with zero attached hydrogens (tertiary/aromatic N) is 2. The number of carbonyl (C=O) groups is 2. The Bertz CT molecular complexity index is 951. The Hall–Kier alpha value is -3.21. The highest BCUT2D eigenvalue weighted by Gasteiger charge is 2.43. The fourth-order valence-electron chi connectivity index (χ4n) is 4.17. The Labute approximate surface area is 170 Å². The molecule has 1 saturated carbocycles. The van der Waals surface area contributed by atoms with Crippen LogP contribution < -0.4 is 0 Å². The maximum atomic E-state index is 12.9. The Morgan fingerprint density at radius 3 is 2.48 bits per heavy atom. The summed E-state index contributed by atoms with van der Waals surface area (Å²) in [6, 6.07) is 20.0. The van der Waals surface area contributed by atoms with Crippen molar-refractivity contribution in [2.75, 3.05) is 6.61 Å². The van der Waals surface area contributed by atoms with Crippen LogP contribution in [0.3, 0.4) is 0 Å². The van der Waals surface area contributed by atoms with E-state index in [1.54, 1.807) is 0 Å². The number of benzene rings is 2. The lowest BCUT2D eigenvalue weighted by atomic mass is 9.77. The molecule has 148 valence electrons. The number of hydrazone groups is 1. The number of esters is 1. The Balaban J connectivity index is 1.70. The molecule has 5 nitrogen and oxygen atoms in total. The largest absolute Gasteiger partial charge is 0.456 e. The van der Waals surface area contributed by atoms with Gasteiger partial charge in [-0.15, -0.1) is 0 Å². The molecule has 4 rings (SSSR count). The summed E-state index contributed by atoms with van der Waals surface area (Å²) in [7, 11) is 0. The lowest BCUT2D eigenvalue weighted by molar-refractivity contribution is -0.151. The number of hydrogen-bond donors (Lipinski definition) is 0. The fourth-order valence-corrected chi connectivity index (χ4v) is 4.17. The highest BCUT2D eigenvalue weighted by atomic mass is 16.5. The molecule has 0 bridgehead atoms. The second kappa shape index (κ2) is 8.43. The molecule has 1 fully saturated rings. The molecule has 1 heterocycles. The molecule has 1 amide bonds. The number of rotatable bonds is 4. The molecule has 1 aliphatic heterocycles. The molecule has 2 aromatic rings. The Morgan fingerprint density at radius 1 is 1.10 bits per heavy atom. The molecule has 2 aliphatic rings. The summed E-state index contributed by atoms with van der Waals surface area (Å²) in [5.41, 5.74) is 4.33. The number of amides is 1. The molecular weight excluding hydrogens is 364 g/mol. The van der Waals surface area contributed by atoms with Crippen molar-refractivity contribution >= 4 is 23.7 Å². The standard InChI is InChI=1S/C24H24N2O3/c1-17(27)29-16-22(28)26-24(19-11-6-3-7-12-19)21-14-8-13-20(23(21)25-26)15-18-9-4-2-5-10-18/h2-7,9-12,15,21,24H,8,13-14,16H2,1H3/b20-15+. The smallest absolute Gasteiger partial charge is 0.303 e. The first kappa shape index (κ1) is 19.1. The summed E-state index contributed by atoms with van der Waals surface area (Å²) in [6.07, 6.45) is 5.14. The molecule has 0 saturated heterocycles. The summed E-state index contributed by atoms with van der Waals surface area (Å²) >= 11 is 0. The van der Waals surface area contributed by atoms with E-state index in [9.17, 15) is 9.59 Å². The van der Waals surface area contributed by atoms with Gasteiger partial charge in [0.25, 0.3) is 5.91 Å². The van der Waals surface area contributed by atoms with Gasteiger partial charge in [-0.05, 0) is 42.0 Å². The monoisotopic (exact) mass is 388 g/mol. The zero-order valence-corrected chi connectivity index (χ0v) is 16.5. The second-order valence-corrected chi connectivity index (χ2v) is 7.44. The van der Waals surface area contributed by atoms with Crippen LogP contribution in [0.15, 0.2) is 71.3 Å². The van der Waals surface area contributed by atoms with E-state index in [-0.39, 0.29) is 24.5 Å². The highest BCUT2D eigenvalue weighted by Crippen LogP contribution is 2.44. The predicted molar refractivity (Wildman–Crippen MR) is 112 cm³/mol. The van der Waals surface area contributed by atoms with Crippen LogP contribution in [0.5, 0.6) is 0 Å². The van der Waals surface area contributed by atoms with Crippen molar-refractivity contribution in [1.82, 2.24) is 5.01 Å². The van der Waals surface area contributed by atoms with Crippen molar-refractivity contribution < 1.29 is 14.3 Å². The lowest BCUT2D eigenvalue weighted by Gasteiger charge is -2.29. The first-order valence-corrected chi connectivity index (χ1v) is 9.98. The third kappa shape index (κ3) is 4.14. The predicted octanol–water partition coefficient (Wildman–Crippen LogP) is 4.37. The average molecular weight is 388 g/mol. The number of hydrogen-bond acceptors (Lipinski definition) is 4. The van der Waals surface area contributed by atoms with E-state index < -0.39 is 5.97 Å². The summed E-state index contributed by atoms with van der Waals surface area (Å²) in [4.78, 5) is 24.0. The van der Waals surface area contributed by atoms with Crippen molar-refractivity contribution in [3.63, 3.8) is 0 Å². The summed E-state index contributed by atoms with van der Waals surface area (Å²) in [6.45, 7) is 1.01. The van der Waals surface area contributed by atoms with E-state index in [2.05, 4.69) is 18.2 Å². The molecule has 29 heavy (non-hydrogen) atoms. The molecule has 0 N–H and O–H groups in total. The van der Waals surface area contributed by atoms with Crippen molar-refractivity contribution in [2.24, 2.45) is 11.0 Å². The van der Waals surface area contributed by atoms with Gasteiger partial charge in [-0.2, -0.15) is 5.10 Å². The molecule has 2 aromatic carbocycles. The normalized spacial score (nSPS) is 22.2. The van der Waals surface area contributed by atoms with Crippen molar-refractivity contribution in [2.45, 2.75) is 32.2 Å². The SMILES string of the molecule is CC(=O)OCC(=O)N1N=C2/C(=C/c3ccccc3)CCCC2C1c1ccccc1. The minimum Gasteiger partial charge on any atom is -0.456 e. The topological polar surface area (TPSA) is 59.0 Å². The third-order valence-corrected chi connectivity index (χ3v) is 5.44. The van der Waals surface area contributed by atoms with Gasteiger partial charge in [-0.3, -0.25) is 9.59 Å². The van der Waals surface area contributed by atoms with Gasteiger partial charge in [-0.1, -0.05) is 60.7 Å². The lowest BCUT2D eigenvalue weighted by Crippen LogP contribution is -2.34. The van der Waals surface area contributed by atoms with Crippen LogP contribution in [0.1, 0.15) is 43.4 Å². The van der Waals surface area contributed by atoms with E-state index in [0.717, 1.165) is 36.1 Å². The Morgan fingerprint density at radius 2 is 1.79 bits per heavy atom. The number of ether oxygens (including phenoxy) is 1. The van der Waals surface area contributed by atoms with E-state index in [1.807, 2.05) is 48.5 Å². The molecule has 5 heteroatoms. The number of fused-ring (bicyclic) bond motifs is 1. The van der Waals surface area contributed by atoms with Gasteiger partial charge in [0, 0.05) is 12.8 Å². The number of carbonyl (C=O) groups excluding carboxylic acids is 2. The zero-order valence-electron chi connectivity index (χ0n) is 16.5.